The number of carbonyl (C=O) groups is 1. The second-order valence-electron chi connectivity index (χ2n) is 4.29. The number of hydrogen-bond donors (Lipinski definition) is 2. The van der Waals surface area contributed by atoms with E-state index in [2.05, 4.69) is 10.6 Å². The van der Waals surface area contributed by atoms with Gasteiger partial charge in [0.05, 0.1) is 6.10 Å². The monoisotopic (exact) mass is 254 g/mol. The lowest BCUT2D eigenvalue weighted by Crippen LogP contribution is -2.41. The highest BCUT2D eigenvalue weighted by atomic mass is 19.1. The number of benzene rings is 1. The van der Waals surface area contributed by atoms with Gasteiger partial charge in [0.15, 0.2) is 0 Å². The molecule has 0 aliphatic rings. The third-order valence-corrected chi connectivity index (χ3v) is 2.37. The Balaban J connectivity index is 2.55. The first kappa shape index (κ1) is 14.4. The van der Waals surface area contributed by atoms with Crippen LogP contribution in [0.1, 0.15) is 25.5 Å². The van der Waals surface area contributed by atoms with Gasteiger partial charge in [-0.1, -0.05) is 12.1 Å². The number of methoxy groups -OCH3 is 1. The Morgan fingerprint density at radius 2 is 2.17 bits per heavy atom. The molecule has 0 aromatic heterocycles. The van der Waals surface area contributed by atoms with Gasteiger partial charge in [0.1, 0.15) is 5.82 Å². The van der Waals surface area contributed by atoms with Crippen LogP contribution in [0.15, 0.2) is 24.3 Å². The Bertz CT molecular complexity index is 396. The zero-order valence-electron chi connectivity index (χ0n) is 10.9. The van der Waals surface area contributed by atoms with Crippen LogP contribution in [-0.4, -0.2) is 25.7 Å². The number of rotatable bonds is 5. The van der Waals surface area contributed by atoms with E-state index >= 15 is 0 Å². The van der Waals surface area contributed by atoms with Gasteiger partial charge in [0, 0.05) is 19.7 Å². The van der Waals surface area contributed by atoms with Gasteiger partial charge in [-0.2, -0.15) is 0 Å². The molecule has 0 radical (unpaired) electrons. The van der Waals surface area contributed by atoms with Crippen LogP contribution in [0.2, 0.25) is 0 Å². The first-order valence-corrected chi connectivity index (χ1v) is 5.85. The van der Waals surface area contributed by atoms with Gasteiger partial charge in [-0.25, -0.2) is 9.18 Å². The number of amides is 2. The van der Waals surface area contributed by atoms with Crippen molar-refractivity contribution in [3.63, 3.8) is 0 Å². The fourth-order valence-corrected chi connectivity index (χ4v) is 1.54. The molecule has 1 atom stereocenters. The van der Waals surface area contributed by atoms with Gasteiger partial charge in [-0.05, 0) is 31.5 Å². The predicted octanol–water partition coefficient (Wildman–Crippen LogP) is 2.22. The number of carbonyl (C=O) groups excluding carboxylic acids is 1. The largest absolute Gasteiger partial charge is 0.375 e. The Labute approximate surface area is 107 Å². The molecule has 100 valence electrons. The minimum Gasteiger partial charge on any atom is -0.375 e. The van der Waals surface area contributed by atoms with Crippen LogP contribution in [0.25, 0.3) is 0 Å². The van der Waals surface area contributed by atoms with E-state index in [0.29, 0.717) is 12.1 Å². The molecule has 0 saturated carbocycles. The average molecular weight is 254 g/mol. The van der Waals surface area contributed by atoms with Gasteiger partial charge in [0.2, 0.25) is 0 Å². The number of halogens is 1. The summed E-state index contributed by atoms with van der Waals surface area (Å²) in [7, 11) is 1.53. The molecule has 0 aliphatic heterocycles. The minimum absolute atomic E-state index is 0.0696. The zero-order valence-corrected chi connectivity index (χ0v) is 10.9. The van der Waals surface area contributed by atoms with Crippen LogP contribution >= 0.6 is 0 Å². The average Bonchev–Trinajstić information content (AvgIpc) is 2.29. The summed E-state index contributed by atoms with van der Waals surface area (Å²) < 4.78 is 18.3. The van der Waals surface area contributed by atoms with Crippen LogP contribution in [0.5, 0.6) is 0 Å². The van der Waals surface area contributed by atoms with Crippen molar-refractivity contribution in [2.24, 2.45) is 0 Å². The molecule has 0 heterocycles. The summed E-state index contributed by atoms with van der Waals surface area (Å²) in [5.41, 5.74) is 0.697. The van der Waals surface area contributed by atoms with Crippen molar-refractivity contribution in [2.45, 2.75) is 26.0 Å². The molecule has 1 rings (SSSR count). The Hall–Kier alpha value is -1.62. The van der Waals surface area contributed by atoms with Crippen LogP contribution in [-0.2, 0) is 4.74 Å². The predicted molar refractivity (Wildman–Crippen MR) is 67.8 cm³/mol. The van der Waals surface area contributed by atoms with Crippen LogP contribution < -0.4 is 10.6 Å². The Kier molecular flexibility index (Phi) is 5.58. The zero-order chi connectivity index (χ0) is 13.5. The third kappa shape index (κ3) is 4.71. The molecular weight excluding hydrogens is 235 g/mol. The number of ether oxygens (including phenoxy) is 1. The third-order valence-electron chi connectivity index (χ3n) is 2.37. The van der Waals surface area contributed by atoms with E-state index in [1.165, 1.54) is 19.2 Å². The molecule has 1 aromatic rings. The van der Waals surface area contributed by atoms with E-state index < -0.39 is 0 Å². The highest BCUT2D eigenvalue weighted by Gasteiger charge is 2.12. The highest BCUT2D eigenvalue weighted by Crippen LogP contribution is 2.16. The van der Waals surface area contributed by atoms with Crippen molar-refractivity contribution in [3.8, 4) is 0 Å². The number of hydrogen-bond acceptors (Lipinski definition) is 2. The number of nitrogens with one attached hydrogen (secondary N) is 2. The van der Waals surface area contributed by atoms with Crippen molar-refractivity contribution >= 4 is 6.03 Å². The van der Waals surface area contributed by atoms with Crippen molar-refractivity contribution in [1.29, 1.82) is 0 Å². The standard InChI is InChI=1S/C13H19FN2O2/c1-9(2)16-13(17)15-8-12(18-3)10-5-4-6-11(14)7-10/h4-7,9,12H,8H2,1-3H3,(H2,15,16,17). The summed E-state index contributed by atoms with van der Waals surface area (Å²) in [6, 6.07) is 5.96. The van der Waals surface area contributed by atoms with Gasteiger partial charge >= 0.3 is 6.03 Å². The molecule has 0 aliphatic carbocycles. The Morgan fingerprint density at radius 3 is 2.72 bits per heavy atom. The highest BCUT2D eigenvalue weighted by molar-refractivity contribution is 5.74. The van der Waals surface area contributed by atoms with Crippen molar-refractivity contribution in [3.05, 3.63) is 35.6 Å². The molecule has 2 N–H and O–H groups in total. The van der Waals surface area contributed by atoms with Crippen LogP contribution in [0, 0.1) is 5.82 Å². The molecule has 0 spiro atoms. The fraction of sp³-hybridized carbons (Fsp3) is 0.462. The molecule has 2 amide bonds. The molecule has 0 fully saturated rings. The summed E-state index contributed by atoms with van der Waals surface area (Å²) >= 11 is 0. The second-order valence-corrected chi connectivity index (χ2v) is 4.29. The maximum absolute atomic E-state index is 13.1. The lowest BCUT2D eigenvalue weighted by atomic mass is 10.1. The van der Waals surface area contributed by atoms with E-state index in [1.807, 2.05) is 13.8 Å². The van der Waals surface area contributed by atoms with E-state index in [4.69, 9.17) is 4.74 Å². The van der Waals surface area contributed by atoms with E-state index in [-0.39, 0.29) is 24.0 Å². The molecular formula is C13H19FN2O2. The first-order valence-electron chi connectivity index (χ1n) is 5.85. The summed E-state index contributed by atoms with van der Waals surface area (Å²) in [6.45, 7) is 4.04. The molecule has 0 bridgehead atoms. The Morgan fingerprint density at radius 1 is 1.44 bits per heavy atom. The van der Waals surface area contributed by atoms with E-state index in [9.17, 15) is 9.18 Å². The SMILES string of the molecule is COC(CNC(=O)NC(C)C)c1cccc(F)c1. The lowest BCUT2D eigenvalue weighted by Gasteiger charge is -2.17. The first-order chi connectivity index (χ1) is 8.52. The molecule has 1 unspecified atom stereocenters. The van der Waals surface area contributed by atoms with E-state index in [1.54, 1.807) is 12.1 Å². The van der Waals surface area contributed by atoms with Gasteiger partial charge in [0.25, 0.3) is 0 Å². The summed E-state index contributed by atoms with van der Waals surface area (Å²) in [5.74, 6) is -0.318. The quantitative estimate of drug-likeness (QED) is 0.846. The molecule has 4 nitrogen and oxygen atoms in total. The molecule has 0 saturated heterocycles. The smallest absolute Gasteiger partial charge is 0.315 e. The van der Waals surface area contributed by atoms with Crippen LogP contribution in [0.4, 0.5) is 9.18 Å². The molecule has 18 heavy (non-hydrogen) atoms. The van der Waals surface area contributed by atoms with Gasteiger partial charge in [-0.15, -0.1) is 0 Å². The maximum atomic E-state index is 13.1. The molecule has 5 heteroatoms. The van der Waals surface area contributed by atoms with Crippen molar-refractivity contribution in [2.75, 3.05) is 13.7 Å². The van der Waals surface area contributed by atoms with Crippen LogP contribution in [0.3, 0.4) is 0 Å². The van der Waals surface area contributed by atoms with Crippen molar-refractivity contribution in [1.82, 2.24) is 10.6 Å². The van der Waals surface area contributed by atoms with Gasteiger partial charge < -0.3 is 15.4 Å². The summed E-state index contributed by atoms with van der Waals surface area (Å²) in [6.07, 6.45) is -0.362. The lowest BCUT2D eigenvalue weighted by molar-refractivity contribution is 0.103. The van der Waals surface area contributed by atoms with Crippen molar-refractivity contribution < 1.29 is 13.9 Å². The van der Waals surface area contributed by atoms with E-state index in [0.717, 1.165) is 0 Å². The minimum atomic E-state index is -0.362. The topological polar surface area (TPSA) is 50.4 Å². The second kappa shape index (κ2) is 6.96. The van der Waals surface area contributed by atoms with Gasteiger partial charge in [-0.3, -0.25) is 0 Å². The molecule has 1 aromatic carbocycles. The maximum Gasteiger partial charge on any atom is 0.315 e. The fourth-order valence-electron chi connectivity index (χ4n) is 1.54. The normalized spacial score (nSPS) is 12.3. The summed E-state index contributed by atoms with van der Waals surface area (Å²) in [5, 5.41) is 5.39. The summed E-state index contributed by atoms with van der Waals surface area (Å²) in [4.78, 5) is 11.4. The number of urea groups is 1.